The van der Waals surface area contributed by atoms with Gasteiger partial charge in [-0.05, 0) is 11.1 Å². The van der Waals surface area contributed by atoms with Gasteiger partial charge in [0, 0.05) is 0 Å². The predicted molar refractivity (Wildman–Crippen MR) is 66.1 cm³/mol. The normalized spacial score (nSPS) is 24.1. The van der Waals surface area contributed by atoms with Crippen molar-refractivity contribution < 1.29 is 31.9 Å². The molecule has 0 aromatic heterocycles. The highest BCUT2D eigenvalue weighted by Crippen LogP contribution is 2.43. The molecular weight excluding hydrogens is 304 g/mol. The van der Waals surface area contributed by atoms with E-state index >= 15 is 0 Å². The van der Waals surface area contributed by atoms with Gasteiger partial charge in [-0.2, -0.15) is 13.5 Å². The molecule has 0 saturated carbocycles. The van der Waals surface area contributed by atoms with E-state index in [1.807, 2.05) is 0 Å². The first kappa shape index (κ1) is 13.8. The zero-order valence-corrected chi connectivity index (χ0v) is 11.2. The number of hydrogen-bond donors (Lipinski definition) is 2. The fourth-order valence-corrected chi connectivity index (χ4v) is 3.09. The molecule has 3 rings (SSSR count). The molecule has 2 aliphatic heterocycles. The summed E-state index contributed by atoms with van der Waals surface area (Å²) in [6, 6.07) is 3.46. The Morgan fingerprint density at radius 3 is 2.48 bits per heavy atom. The molecule has 2 aliphatic rings. The van der Waals surface area contributed by atoms with E-state index in [0.29, 0.717) is 16.2 Å². The van der Waals surface area contributed by atoms with Gasteiger partial charge in [0.15, 0.2) is 6.04 Å². The largest absolute Gasteiger partial charge is 0.479 e. The molecule has 2 heterocycles. The second-order valence-electron chi connectivity index (χ2n) is 4.65. The fourth-order valence-electron chi connectivity index (χ4n) is 2.72. The lowest BCUT2D eigenvalue weighted by molar-refractivity contribution is -0.142. The maximum atomic E-state index is 12.1. The lowest BCUT2D eigenvalue weighted by Gasteiger charge is -2.29. The molecule has 0 radical (unpaired) electrons. The highest BCUT2D eigenvalue weighted by Gasteiger charge is 2.52. The standard InChI is InChI=1S/C11H10N2O7S/c14-10(15)9-7-4-2-1-3-6(7)8-5-12(9)11(16)13(8)20-21(17,18)19/h1-4,8-9H,5H2,(H,14,15)(H,17,18,19)/t8-,9-/m1/s1. The number of hydrogen-bond acceptors (Lipinski definition) is 5. The Morgan fingerprint density at radius 2 is 1.90 bits per heavy atom. The average molecular weight is 314 g/mol. The van der Waals surface area contributed by atoms with Gasteiger partial charge in [0.2, 0.25) is 0 Å². The van der Waals surface area contributed by atoms with E-state index in [1.165, 1.54) is 0 Å². The van der Waals surface area contributed by atoms with E-state index in [0.717, 1.165) is 4.90 Å². The van der Waals surface area contributed by atoms with Crippen LogP contribution in [0.15, 0.2) is 24.3 Å². The third-order valence-electron chi connectivity index (χ3n) is 3.46. The maximum Gasteiger partial charge on any atom is 0.418 e. The van der Waals surface area contributed by atoms with Crippen LogP contribution in [-0.4, -0.2) is 46.6 Å². The Labute approximate surface area is 119 Å². The van der Waals surface area contributed by atoms with Gasteiger partial charge < -0.3 is 10.0 Å². The summed E-state index contributed by atoms with van der Waals surface area (Å²) in [5, 5.41) is 9.80. The summed E-state index contributed by atoms with van der Waals surface area (Å²) in [6.07, 6.45) is 0. The molecule has 112 valence electrons. The van der Waals surface area contributed by atoms with Crippen molar-refractivity contribution in [2.24, 2.45) is 0 Å². The molecule has 0 unspecified atom stereocenters. The Hall–Kier alpha value is -2.17. The number of benzene rings is 1. The molecule has 1 aromatic carbocycles. The van der Waals surface area contributed by atoms with Gasteiger partial charge in [-0.25, -0.2) is 9.59 Å². The lowest BCUT2D eigenvalue weighted by atomic mass is 9.91. The number of rotatable bonds is 3. The van der Waals surface area contributed by atoms with Crippen molar-refractivity contribution in [2.45, 2.75) is 12.1 Å². The molecular formula is C11H10N2O7S. The number of nitrogens with zero attached hydrogens (tertiary/aromatic N) is 2. The van der Waals surface area contributed by atoms with E-state index in [-0.39, 0.29) is 6.54 Å². The number of urea groups is 1. The van der Waals surface area contributed by atoms with Crippen molar-refractivity contribution >= 4 is 22.4 Å². The van der Waals surface area contributed by atoms with E-state index in [4.69, 9.17) is 4.55 Å². The minimum absolute atomic E-state index is 0.0394. The monoisotopic (exact) mass is 314 g/mol. The second kappa shape index (κ2) is 4.41. The molecule has 2 N–H and O–H groups in total. The molecule has 1 fully saturated rings. The van der Waals surface area contributed by atoms with Crippen LogP contribution in [0.3, 0.4) is 0 Å². The van der Waals surface area contributed by atoms with Crippen LogP contribution in [0, 0.1) is 0 Å². The van der Waals surface area contributed by atoms with Crippen LogP contribution in [0.5, 0.6) is 0 Å². The summed E-state index contributed by atoms with van der Waals surface area (Å²) in [4.78, 5) is 24.5. The molecule has 2 amide bonds. The number of hydroxylamine groups is 2. The minimum atomic E-state index is -4.89. The molecule has 10 heteroatoms. The van der Waals surface area contributed by atoms with Gasteiger partial charge in [0.25, 0.3) is 0 Å². The predicted octanol–water partition coefficient (Wildman–Crippen LogP) is 0.339. The quantitative estimate of drug-likeness (QED) is 0.771. The third kappa shape index (κ3) is 2.13. The summed E-state index contributed by atoms with van der Waals surface area (Å²) >= 11 is 0. The molecule has 2 atom stereocenters. The van der Waals surface area contributed by atoms with Crippen molar-refractivity contribution in [1.82, 2.24) is 9.96 Å². The maximum absolute atomic E-state index is 12.1. The van der Waals surface area contributed by atoms with Crippen LogP contribution < -0.4 is 0 Å². The number of amides is 2. The number of aliphatic carboxylic acids is 1. The van der Waals surface area contributed by atoms with Crippen LogP contribution in [0.25, 0.3) is 0 Å². The van der Waals surface area contributed by atoms with Gasteiger partial charge in [-0.1, -0.05) is 24.3 Å². The number of carboxylic acid groups (broad SMARTS) is 1. The Morgan fingerprint density at radius 1 is 1.29 bits per heavy atom. The molecule has 2 bridgehead atoms. The fraction of sp³-hybridized carbons (Fsp3) is 0.273. The number of carboxylic acids is 1. The lowest BCUT2D eigenvalue weighted by Crippen LogP contribution is -2.38. The highest BCUT2D eigenvalue weighted by atomic mass is 32.3. The van der Waals surface area contributed by atoms with Gasteiger partial charge in [-0.3, -0.25) is 4.55 Å². The minimum Gasteiger partial charge on any atom is -0.479 e. The zero-order chi connectivity index (χ0) is 15.4. The third-order valence-corrected chi connectivity index (χ3v) is 3.81. The zero-order valence-electron chi connectivity index (χ0n) is 10.4. The molecule has 0 aliphatic carbocycles. The van der Waals surface area contributed by atoms with Gasteiger partial charge in [-0.15, -0.1) is 4.28 Å². The summed E-state index contributed by atoms with van der Waals surface area (Å²) in [5.41, 5.74) is 0.853. The van der Waals surface area contributed by atoms with Crippen LogP contribution in [0.1, 0.15) is 23.2 Å². The van der Waals surface area contributed by atoms with Crippen molar-refractivity contribution in [1.29, 1.82) is 0 Å². The SMILES string of the molecule is O=C(O)[C@H]1c2ccccc2[C@H]2CN1C(=O)N2OS(=O)(=O)O. The Bertz CT molecular complexity index is 732. The van der Waals surface area contributed by atoms with Crippen LogP contribution in [0.4, 0.5) is 4.79 Å². The topological polar surface area (TPSA) is 124 Å². The summed E-state index contributed by atoms with van der Waals surface area (Å²) in [7, 11) is -4.89. The number of carbonyl (C=O) groups is 2. The van der Waals surface area contributed by atoms with E-state index < -0.39 is 34.5 Å². The van der Waals surface area contributed by atoms with Crippen molar-refractivity contribution in [3.05, 3.63) is 35.4 Å². The molecule has 1 saturated heterocycles. The summed E-state index contributed by atoms with van der Waals surface area (Å²) < 4.78 is 34.8. The van der Waals surface area contributed by atoms with Crippen LogP contribution >= 0.6 is 0 Å². The molecule has 0 spiro atoms. The highest BCUT2D eigenvalue weighted by molar-refractivity contribution is 7.80. The average Bonchev–Trinajstić information content (AvgIpc) is 2.64. The van der Waals surface area contributed by atoms with Crippen molar-refractivity contribution in [2.75, 3.05) is 6.54 Å². The van der Waals surface area contributed by atoms with E-state index in [9.17, 15) is 23.1 Å². The summed E-state index contributed by atoms with van der Waals surface area (Å²) in [5.74, 6) is -1.23. The van der Waals surface area contributed by atoms with Gasteiger partial charge >= 0.3 is 22.4 Å². The van der Waals surface area contributed by atoms with Crippen LogP contribution in [-0.2, 0) is 19.5 Å². The number of fused-ring (bicyclic) bond motifs is 4. The van der Waals surface area contributed by atoms with Gasteiger partial charge in [0.1, 0.15) is 6.04 Å². The summed E-state index contributed by atoms with van der Waals surface area (Å²) in [6.45, 7) is -0.0394. The smallest absolute Gasteiger partial charge is 0.418 e. The molecule has 9 nitrogen and oxygen atoms in total. The first-order chi connectivity index (χ1) is 9.79. The van der Waals surface area contributed by atoms with Crippen LogP contribution in [0.2, 0.25) is 0 Å². The molecule has 21 heavy (non-hydrogen) atoms. The van der Waals surface area contributed by atoms with E-state index in [1.54, 1.807) is 24.3 Å². The first-order valence-corrected chi connectivity index (χ1v) is 7.24. The molecule has 1 aromatic rings. The first-order valence-electron chi connectivity index (χ1n) is 5.88. The van der Waals surface area contributed by atoms with Crippen molar-refractivity contribution in [3.8, 4) is 0 Å². The Kier molecular flexibility index (Phi) is 2.90. The van der Waals surface area contributed by atoms with E-state index in [2.05, 4.69) is 4.28 Å². The van der Waals surface area contributed by atoms with Gasteiger partial charge in [0.05, 0.1) is 6.54 Å². The second-order valence-corrected chi connectivity index (χ2v) is 5.65. The number of carbonyl (C=O) groups excluding carboxylic acids is 1. The van der Waals surface area contributed by atoms with Crippen molar-refractivity contribution in [3.63, 3.8) is 0 Å². The Balaban J connectivity index is 2.11.